The van der Waals surface area contributed by atoms with Crippen molar-refractivity contribution in [3.05, 3.63) is 46.3 Å². The van der Waals surface area contributed by atoms with Crippen molar-refractivity contribution in [3.63, 3.8) is 0 Å². The van der Waals surface area contributed by atoms with E-state index in [-0.39, 0.29) is 6.04 Å². The molecule has 0 spiro atoms. The molecular weight excluding hydrogens is 292 g/mol. The molecule has 0 saturated heterocycles. The molecule has 0 saturated carbocycles. The highest BCUT2D eigenvalue weighted by atomic mass is 79.9. The lowest BCUT2D eigenvalue weighted by Gasteiger charge is -2.16. The lowest BCUT2D eigenvalue weighted by Crippen LogP contribution is -2.10. The fourth-order valence-corrected chi connectivity index (χ4v) is 2.05. The van der Waals surface area contributed by atoms with Crippen molar-refractivity contribution in [2.75, 3.05) is 11.1 Å². The average molecular weight is 307 g/mol. The fraction of sp³-hybridized carbons (Fsp3) is 0.231. The second-order valence-corrected chi connectivity index (χ2v) is 4.91. The number of aromatic nitrogens is 2. The summed E-state index contributed by atoms with van der Waals surface area (Å²) < 4.78 is 0.894. The third kappa shape index (κ3) is 2.61. The molecule has 0 bridgehead atoms. The molecule has 2 aromatic rings. The van der Waals surface area contributed by atoms with Crippen LogP contribution in [0.1, 0.15) is 24.2 Å². The second-order valence-electron chi connectivity index (χ2n) is 4.12. The summed E-state index contributed by atoms with van der Waals surface area (Å²) in [5, 5.41) is 3.32. The van der Waals surface area contributed by atoms with E-state index in [0.717, 1.165) is 21.5 Å². The van der Waals surface area contributed by atoms with Crippen molar-refractivity contribution in [3.8, 4) is 0 Å². The van der Waals surface area contributed by atoms with E-state index in [4.69, 9.17) is 5.73 Å². The van der Waals surface area contributed by atoms with Gasteiger partial charge in [0, 0.05) is 6.20 Å². The molecule has 4 nitrogen and oxygen atoms in total. The van der Waals surface area contributed by atoms with Gasteiger partial charge in [0.15, 0.2) is 0 Å². The third-order valence-corrected chi connectivity index (χ3v) is 3.76. The molecule has 2 rings (SSSR count). The van der Waals surface area contributed by atoms with Crippen molar-refractivity contribution < 1.29 is 0 Å². The van der Waals surface area contributed by atoms with E-state index < -0.39 is 0 Å². The van der Waals surface area contributed by atoms with Gasteiger partial charge in [0.2, 0.25) is 0 Å². The summed E-state index contributed by atoms with van der Waals surface area (Å²) in [5.41, 5.74) is 8.44. The van der Waals surface area contributed by atoms with Crippen molar-refractivity contribution in [1.29, 1.82) is 0 Å². The number of nitrogens with zero attached hydrogens (tertiary/aromatic N) is 2. The van der Waals surface area contributed by atoms with E-state index in [1.807, 2.05) is 32.0 Å². The average Bonchev–Trinajstić information content (AvgIpc) is 2.40. The molecule has 0 aliphatic heterocycles. The van der Waals surface area contributed by atoms with Crippen LogP contribution in [0.2, 0.25) is 0 Å². The van der Waals surface area contributed by atoms with E-state index in [9.17, 15) is 0 Å². The van der Waals surface area contributed by atoms with Crippen LogP contribution in [0.4, 0.5) is 11.5 Å². The van der Waals surface area contributed by atoms with Crippen molar-refractivity contribution in [2.45, 2.75) is 19.9 Å². The first-order chi connectivity index (χ1) is 8.59. The SMILES string of the molecule is Cc1c(N)cnc(NC(C)c2ccccn2)c1Br. The maximum atomic E-state index is 5.80. The molecule has 0 fully saturated rings. The number of hydrogen-bond donors (Lipinski definition) is 2. The summed E-state index contributed by atoms with van der Waals surface area (Å²) in [5.74, 6) is 0.778. The largest absolute Gasteiger partial charge is 0.397 e. The number of hydrogen-bond acceptors (Lipinski definition) is 4. The minimum absolute atomic E-state index is 0.0815. The molecule has 1 unspecified atom stereocenters. The quantitative estimate of drug-likeness (QED) is 0.913. The Morgan fingerprint density at radius 3 is 2.78 bits per heavy atom. The summed E-state index contributed by atoms with van der Waals surface area (Å²) in [6.45, 7) is 4.00. The van der Waals surface area contributed by atoms with E-state index in [1.165, 1.54) is 0 Å². The summed E-state index contributed by atoms with van der Waals surface area (Å²) in [4.78, 5) is 8.61. The standard InChI is InChI=1S/C13H15BrN4/c1-8-10(15)7-17-13(12(8)14)18-9(2)11-5-3-4-6-16-11/h3-7,9H,15H2,1-2H3,(H,17,18). The van der Waals surface area contributed by atoms with Crippen molar-refractivity contribution in [2.24, 2.45) is 0 Å². The molecular formula is C13H15BrN4. The molecule has 0 aliphatic carbocycles. The van der Waals surface area contributed by atoms with Crippen LogP contribution in [0.3, 0.4) is 0 Å². The van der Waals surface area contributed by atoms with Gasteiger partial charge in [-0.15, -0.1) is 0 Å². The number of pyridine rings is 2. The summed E-state index contributed by atoms with van der Waals surface area (Å²) in [6, 6.07) is 5.93. The highest BCUT2D eigenvalue weighted by Gasteiger charge is 2.11. The Labute approximate surface area is 115 Å². The number of halogens is 1. The molecule has 5 heteroatoms. The highest BCUT2D eigenvalue weighted by molar-refractivity contribution is 9.10. The molecule has 0 aromatic carbocycles. The molecule has 0 amide bonds. The molecule has 2 aromatic heterocycles. The second kappa shape index (κ2) is 5.35. The van der Waals surface area contributed by atoms with E-state index in [0.29, 0.717) is 5.69 Å². The van der Waals surface area contributed by atoms with Gasteiger partial charge in [-0.05, 0) is 47.5 Å². The first-order valence-corrected chi connectivity index (χ1v) is 6.47. The van der Waals surface area contributed by atoms with E-state index >= 15 is 0 Å². The molecule has 1 atom stereocenters. The van der Waals surface area contributed by atoms with E-state index in [2.05, 4.69) is 31.2 Å². The smallest absolute Gasteiger partial charge is 0.141 e. The molecule has 0 radical (unpaired) electrons. The zero-order valence-electron chi connectivity index (χ0n) is 10.3. The van der Waals surface area contributed by atoms with Crippen LogP contribution in [0.5, 0.6) is 0 Å². The number of rotatable bonds is 3. The normalized spacial score (nSPS) is 12.2. The minimum Gasteiger partial charge on any atom is -0.397 e. The predicted molar refractivity (Wildman–Crippen MR) is 77.4 cm³/mol. The number of nitrogens with two attached hydrogens (primary N) is 1. The van der Waals surface area contributed by atoms with Crippen molar-refractivity contribution in [1.82, 2.24) is 9.97 Å². The van der Waals surface area contributed by atoms with Crippen LogP contribution >= 0.6 is 15.9 Å². The third-order valence-electron chi connectivity index (χ3n) is 2.79. The van der Waals surface area contributed by atoms with Crippen LogP contribution in [0.25, 0.3) is 0 Å². The Bertz CT molecular complexity index is 542. The Hall–Kier alpha value is -1.62. The van der Waals surface area contributed by atoms with Gasteiger partial charge < -0.3 is 11.1 Å². The Balaban J connectivity index is 2.22. The zero-order valence-corrected chi connectivity index (χ0v) is 11.9. The number of nitrogens with one attached hydrogen (secondary N) is 1. The Morgan fingerprint density at radius 1 is 1.33 bits per heavy atom. The maximum Gasteiger partial charge on any atom is 0.141 e. The molecule has 2 heterocycles. The first-order valence-electron chi connectivity index (χ1n) is 5.67. The topological polar surface area (TPSA) is 63.8 Å². The van der Waals surface area contributed by atoms with Crippen LogP contribution in [-0.4, -0.2) is 9.97 Å². The summed E-state index contributed by atoms with van der Waals surface area (Å²) in [7, 11) is 0. The van der Waals surface area contributed by atoms with Crippen molar-refractivity contribution >= 4 is 27.4 Å². The van der Waals surface area contributed by atoms with Gasteiger partial charge in [-0.25, -0.2) is 4.98 Å². The molecule has 94 valence electrons. The lowest BCUT2D eigenvalue weighted by atomic mass is 10.2. The van der Waals surface area contributed by atoms with Gasteiger partial charge >= 0.3 is 0 Å². The molecule has 0 aliphatic rings. The Morgan fingerprint density at radius 2 is 2.11 bits per heavy atom. The Kier molecular flexibility index (Phi) is 3.81. The van der Waals surface area contributed by atoms with Crippen LogP contribution in [-0.2, 0) is 0 Å². The molecule has 3 N–H and O–H groups in total. The van der Waals surface area contributed by atoms with Gasteiger partial charge in [0.05, 0.1) is 28.1 Å². The highest BCUT2D eigenvalue weighted by Crippen LogP contribution is 2.29. The lowest BCUT2D eigenvalue weighted by molar-refractivity contribution is 0.830. The molecule has 18 heavy (non-hydrogen) atoms. The van der Waals surface area contributed by atoms with Gasteiger partial charge in [-0.1, -0.05) is 6.07 Å². The van der Waals surface area contributed by atoms with Crippen LogP contribution in [0, 0.1) is 6.92 Å². The summed E-state index contributed by atoms with van der Waals surface area (Å²) >= 11 is 3.51. The van der Waals surface area contributed by atoms with Crippen LogP contribution < -0.4 is 11.1 Å². The fourth-order valence-electron chi connectivity index (χ4n) is 1.60. The first kappa shape index (κ1) is 12.8. The van der Waals surface area contributed by atoms with Gasteiger partial charge in [-0.3, -0.25) is 4.98 Å². The predicted octanol–water partition coefficient (Wildman–Crippen LogP) is 3.30. The monoisotopic (exact) mass is 306 g/mol. The van der Waals surface area contributed by atoms with E-state index in [1.54, 1.807) is 12.4 Å². The van der Waals surface area contributed by atoms with Crippen LogP contribution in [0.15, 0.2) is 35.1 Å². The van der Waals surface area contributed by atoms with Gasteiger partial charge in [0.1, 0.15) is 5.82 Å². The zero-order chi connectivity index (χ0) is 13.1. The minimum atomic E-state index is 0.0815. The maximum absolute atomic E-state index is 5.80. The van der Waals surface area contributed by atoms with Gasteiger partial charge in [0.25, 0.3) is 0 Å². The summed E-state index contributed by atoms with van der Waals surface area (Å²) in [6.07, 6.45) is 3.44. The van der Waals surface area contributed by atoms with Gasteiger partial charge in [-0.2, -0.15) is 0 Å². The number of anilines is 2. The number of nitrogen functional groups attached to an aromatic ring is 1.